The summed E-state index contributed by atoms with van der Waals surface area (Å²) in [5, 5.41) is 8.97. The van der Waals surface area contributed by atoms with Crippen LogP contribution in [0.4, 0.5) is 0 Å². The molecule has 1 amide bonds. The molecule has 0 radical (unpaired) electrons. The fourth-order valence-corrected chi connectivity index (χ4v) is 3.16. The van der Waals surface area contributed by atoms with E-state index in [1.807, 2.05) is 17.5 Å². The van der Waals surface area contributed by atoms with Gasteiger partial charge in [0.05, 0.1) is 6.04 Å². The summed E-state index contributed by atoms with van der Waals surface area (Å²) in [7, 11) is 0. The fourth-order valence-electron chi connectivity index (χ4n) is 2.21. The summed E-state index contributed by atoms with van der Waals surface area (Å²) in [5.41, 5.74) is 0.383. The molecule has 0 bridgehead atoms. The van der Waals surface area contributed by atoms with Gasteiger partial charge in [-0.25, -0.2) is 0 Å². The quantitative estimate of drug-likeness (QED) is 0.912. The molecular formula is C15H18N2O2S. The van der Waals surface area contributed by atoms with Gasteiger partial charge in [-0.2, -0.15) is 0 Å². The van der Waals surface area contributed by atoms with Crippen LogP contribution in [0.2, 0.25) is 0 Å². The van der Waals surface area contributed by atoms with Crippen molar-refractivity contribution in [2.24, 2.45) is 5.92 Å². The zero-order chi connectivity index (χ0) is 14.1. The van der Waals surface area contributed by atoms with Crippen LogP contribution < -0.4 is 5.32 Å². The van der Waals surface area contributed by atoms with Gasteiger partial charge in [0.25, 0.3) is 5.91 Å². The number of carbonyl (C=O) groups is 1. The molecule has 2 aromatic rings. The highest BCUT2D eigenvalue weighted by Crippen LogP contribution is 2.40. The maximum atomic E-state index is 12.3. The molecule has 1 saturated carbocycles. The van der Waals surface area contributed by atoms with Crippen molar-refractivity contribution in [3.05, 3.63) is 39.9 Å². The summed E-state index contributed by atoms with van der Waals surface area (Å²) in [6, 6.07) is 5.85. The molecule has 0 aliphatic heterocycles. The van der Waals surface area contributed by atoms with Gasteiger partial charge in [0, 0.05) is 16.9 Å². The Morgan fingerprint density at radius 1 is 1.50 bits per heavy atom. The average Bonchev–Trinajstić information content (AvgIpc) is 2.95. The zero-order valence-corrected chi connectivity index (χ0v) is 12.4. The van der Waals surface area contributed by atoms with Crippen molar-refractivity contribution < 1.29 is 9.32 Å². The number of nitrogens with zero attached hydrogens (tertiary/aromatic N) is 1. The highest BCUT2D eigenvalue weighted by molar-refractivity contribution is 7.10. The smallest absolute Gasteiger partial charge is 0.273 e. The molecule has 4 nitrogen and oxygen atoms in total. The van der Waals surface area contributed by atoms with Gasteiger partial charge in [0.2, 0.25) is 0 Å². The molecule has 0 aromatic carbocycles. The molecule has 0 spiro atoms. The van der Waals surface area contributed by atoms with E-state index in [0.717, 1.165) is 18.6 Å². The van der Waals surface area contributed by atoms with Crippen molar-refractivity contribution in [1.82, 2.24) is 10.5 Å². The maximum Gasteiger partial charge on any atom is 0.273 e. The Morgan fingerprint density at radius 2 is 2.30 bits per heavy atom. The first-order chi connectivity index (χ1) is 9.65. The number of rotatable bonds is 5. The monoisotopic (exact) mass is 290 g/mol. The van der Waals surface area contributed by atoms with E-state index >= 15 is 0 Å². The Balaban J connectivity index is 1.72. The number of hydrogen-bond acceptors (Lipinski definition) is 4. The van der Waals surface area contributed by atoms with E-state index in [9.17, 15) is 4.79 Å². The predicted octanol–water partition coefficient (Wildman–Crippen LogP) is 3.74. The topological polar surface area (TPSA) is 55.1 Å². The van der Waals surface area contributed by atoms with Gasteiger partial charge in [-0.3, -0.25) is 4.79 Å². The second-order valence-corrected chi connectivity index (χ2v) is 6.58. The molecule has 0 saturated heterocycles. The first-order valence-electron chi connectivity index (χ1n) is 6.96. The van der Waals surface area contributed by atoms with E-state index in [1.165, 1.54) is 4.88 Å². The Bertz CT molecular complexity index is 585. The number of carbonyl (C=O) groups excluding carboxylic acids is 1. The molecule has 1 fully saturated rings. The third-order valence-electron chi connectivity index (χ3n) is 3.54. The van der Waals surface area contributed by atoms with Crippen molar-refractivity contribution in [3.8, 4) is 0 Å². The molecular weight excluding hydrogens is 272 g/mol. The van der Waals surface area contributed by atoms with E-state index < -0.39 is 0 Å². The molecule has 1 atom stereocenters. The molecule has 2 aromatic heterocycles. The fraction of sp³-hybridized carbons (Fsp3) is 0.467. The second kappa shape index (κ2) is 5.40. The standard InChI is InChI=1S/C15H18N2O2S/c1-9(2)14(13-4-3-7-20-13)16-15(18)11-8-12(19-17-11)10-5-6-10/h3-4,7-10,14H,5-6H2,1-2H3,(H,16,18)/t14-/m1/s1. The molecule has 20 heavy (non-hydrogen) atoms. The number of hydrogen-bond donors (Lipinski definition) is 1. The van der Waals surface area contributed by atoms with Gasteiger partial charge in [-0.15, -0.1) is 11.3 Å². The number of thiophene rings is 1. The molecule has 106 valence electrons. The number of amides is 1. The van der Waals surface area contributed by atoms with Crippen molar-refractivity contribution in [3.63, 3.8) is 0 Å². The Labute approximate surface area is 122 Å². The molecule has 0 unspecified atom stereocenters. The minimum atomic E-state index is -0.159. The van der Waals surface area contributed by atoms with Crippen molar-refractivity contribution >= 4 is 17.2 Å². The van der Waals surface area contributed by atoms with Crippen LogP contribution in [0, 0.1) is 5.92 Å². The van der Waals surface area contributed by atoms with Gasteiger partial charge in [0.15, 0.2) is 5.69 Å². The first-order valence-corrected chi connectivity index (χ1v) is 7.84. The Morgan fingerprint density at radius 3 is 2.90 bits per heavy atom. The highest BCUT2D eigenvalue weighted by atomic mass is 32.1. The molecule has 1 aliphatic rings. The van der Waals surface area contributed by atoms with E-state index in [4.69, 9.17) is 4.52 Å². The summed E-state index contributed by atoms with van der Waals surface area (Å²) in [4.78, 5) is 13.4. The van der Waals surface area contributed by atoms with Crippen LogP contribution >= 0.6 is 11.3 Å². The van der Waals surface area contributed by atoms with Crippen molar-refractivity contribution in [2.45, 2.75) is 38.6 Å². The van der Waals surface area contributed by atoms with Crippen LogP contribution in [0.5, 0.6) is 0 Å². The minimum Gasteiger partial charge on any atom is -0.360 e. The van der Waals surface area contributed by atoms with Crippen LogP contribution in [-0.4, -0.2) is 11.1 Å². The highest BCUT2D eigenvalue weighted by Gasteiger charge is 2.29. The van der Waals surface area contributed by atoms with Crippen LogP contribution in [0.3, 0.4) is 0 Å². The number of aromatic nitrogens is 1. The lowest BCUT2D eigenvalue weighted by atomic mass is 10.0. The van der Waals surface area contributed by atoms with Gasteiger partial charge in [0.1, 0.15) is 5.76 Å². The summed E-state index contributed by atoms with van der Waals surface area (Å²) in [5.74, 6) is 1.48. The van der Waals surface area contributed by atoms with Crippen LogP contribution in [0.1, 0.15) is 59.8 Å². The first kappa shape index (κ1) is 13.4. The lowest BCUT2D eigenvalue weighted by Gasteiger charge is -2.20. The second-order valence-electron chi connectivity index (χ2n) is 5.60. The van der Waals surface area contributed by atoms with Gasteiger partial charge in [-0.1, -0.05) is 25.1 Å². The van der Waals surface area contributed by atoms with E-state index in [2.05, 4.69) is 24.3 Å². The van der Waals surface area contributed by atoms with E-state index in [-0.39, 0.29) is 11.9 Å². The third kappa shape index (κ3) is 2.77. The van der Waals surface area contributed by atoms with Crippen molar-refractivity contribution in [1.29, 1.82) is 0 Å². The molecule has 1 N–H and O–H groups in total. The summed E-state index contributed by atoms with van der Waals surface area (Å²) < 4.78 is 5.23. The number of nitrogens with one attached hydrogen (secondary N) is 1. The van der Waals surface area contributed by atoms with Crippen molar-refractivity contribution in [2.75, 3.05) is 0 Å². The van der Waals surface area contributed by atoms with Crippen LogP contribution in [0.15, 0.2) is 28.1 Å². The summed E-state index contributed by atoms with van der Waals surface area (Å²) in [6.07, 6.45) is 2.28. The zero-order valence-electron chi connectivity index (χ0n) is 11.6. The normalized spacial score (nSPS) is 16.4. The molecule has 2 heterocycles. The maximum absolute atomic E-state index is 12.3. The van der Waals surface area contributed by atoms with E-state index in [1.54, 1.807) is 17.4 Å². The van der Waals surface area contributed by atoms with Crippen LogP contribution in [-0.2, 0) is 0 Å². The van der Waals surface area contributed by atoms with Gasteiger partial charge in [-0.05, 0) is 30.2 Å². The minimum absolute atomic E-state index is 0.0172. The SMILES string of the molecule is CC(C)[C@@H](NC(=O)c1cc(C2CC2)on1)c1cccs1. The lowest BCUT2D eigenvalue weighted by molar-refractivity contribution is 0.0917. The Hall–Kier alpha value is -1.62. The van der Waals surface area contributed by atoms with E-state index in [0.29, 0.717) is 17.5 Å². The predicted molar refractivity (Wildman–Crippen MR) is 77.8 cm³/mol. The molecule has 3 rings (SSSR count). The van der Waals surface area contributed by atoms with Gasteiger partial charge >= 0.3 is 0 Å². The van der Waals surface area contributed by atoms with Gasteiger partial charge < -0.3 is 9.84 Å². The Kier molecular flexibility index (Phi) is 3.61. The van der Waals surface area contributed by atoms with Crippen LogP contribution in [0.25, 0.3) is 0 Å². The summed E-state index contributed by atoms with van der Waals surface area (Å²) >= 11 is 1.66. The third-order valence-corrected chi connectivity index (χ3v) is 4.50. The summed E-state index contributed by atoms with van der Waals surface area (Å²) in [6.45, 7) is 4.20. The average molecular weight is 290 g/mol. The lowest BCUT2D eigenvalue weighted by Crippen LogP contribution is -2.31. The molecule has 5 heteroatoms. The largest absolute Gasteiger partial charge is 0.360 e. The molecule has 1 aliphatic carbocycles.